The Balaban J connectivity index is 0.00000261. The van der Waals surface area contributed by atoms with Crippen LogP contribution in [-0.2, 0) is 0 Å². The van der Waals surface area contributed by atoms with E-state index in [1.807, 2.05) is 32.3 Å². The van der Waals surface area contributed by atoms with Gasteiger partial charge in [-0.15, -0.1) is 12.4 Å². The minimum Gasteiger partial charge on any atom is -0.309 e. The molecule has 3 aromatic rings. The smallest absolute Gasteiger partial charge is 0.260 e. The standard InChI is InChI=1S/C19H19Cl2N3OS.ClH/c1-23(2)11-4-12-24(18(25)13-7-9-14(20)10-8-13)19-22-17-15(21)5-3-6-16(17)26-19;/h3,5-10H,4,11-12H2,1-2H3;1H. The molecule has 0 aliphatic heterocycles. The maximum Gasteiger partial charge on any atom is 0.260 e. The number of fused-ring (bicyclic) bond motifs is 1. The molecule has 0 unspecified atom stereocenters. The second-order valence-corrected chi connectivity index (χ2v) is 8.06. The van der Waals surface area contributed by atoms with Crippen molar-refractivity contribution in [1.29, 1.82) is 0 Å². The lowest BCUT2D eigenvalue weighted by Gasteiger charge is -2.21. The number of aromatic nitrogens is 1. The van der Waals surface area contributed by atoms with Gasteiger partial charge in [0.25, 0.3) is 5.91 Å². The number of thiazole rings is 1. The molecule has 0 fully saturated rings. The van der Waals surface area contributed by atoms with E-state index in [1.165, 1.54) is 11.3 Å². The Morgan fingerprint density at radius 2 is 1.78 bits per heavy atom. The lowest BCUT2D eigenvalue weighted by molar-refractivity contribution is 0.0986. The fraction of sp³-hybridized carbons (Fsp3) is 0.263. The molecular formula is C19H20Cl3N3OS. The van der Waals surface area contributed by atoms with Gasteiger partial charge >= 0.3 is 0 Å². The Hall–Kier alpha value is -1.37. The topological polar surface area (TPSA) is 36.4 Å². The second-order valence-electron chi connectivity index (χ2n) is 6.20. The lowest BCUT2D eigenvalue weighted by atomic mass is 10.2. The van der Waals surface area contributed by atoms with Crippen molar-refractivity contribution in [2.45, 2.75) is 6.42 Å². The van der Waals surface area contributed by atoms with Gasteiger partial charge in [-0.05, 0) is 63.5 Å². The summed E-state index contributed by atoms with van der Waals surface area (Å²) in [7, 11) is 4.03. The summed E-state index contributed by atoms with van der Waals surface area (Å²) in [6.45, 7) is 1.47. The second kappa shape index (κ2) is 9.71. The molecule has 3 rings (SSSR count). The average molecular weight is 445 g/mol. The van der Waals surface area contributed by atoms with Gasteiger partial charge in [-0.2, -0.15) is 0 Å². The van der Waals surface area contributed by atoms with Crippen LogP contribution in [0.25, 0.3) is 10.2 Å². The fourth-order valence-corrected chi connectivity index (χ4v) is 4.01. The van der Waals surface area contributed by atoms with Crippen LogP contribution in [0.5, 0.6) is 0 Å². The number of carbonyl (C=O) groups is 1. The number of halogens is 3. The molecule has 0 atom stereocenters. The quantitative estimate of drug-likeness (QED) is 0.495. The molecule has 0 saturated heterocycles. The van der Waals surface area contributed by atoms with Crippen molar-refractivity contribution in [2.24, 2.45) is 0 Å². The highest BCUT2D eigenvalue weighted by Gasteiger charge is 2.21. The minimum atomic E-state index is -0.0874. The molecule has 0 aliphatic rings. The summed E-state index contributed by atoms with van der Waals surface area (Å²) in [5.74, 6) is -0.0874. The van der Waals surface area contributed by atoms with Crippen LogP contribution in [0.4, 0.5) is 5.13 Å². The molecule has 144 valence electrons. The molecule has 2 aromatic carbocycles. The molecule has 0 aliphatic carbocycles. The summed E-state index contributed by atoms with van der Waals surface area (Å²) in [4.78, 5) is 21.6. The summed E-state index contributed by atoms with van der Waals surface area (Å²) >= 11 is 13.7. The van der Waals surface area contributed by atoms with Gasteiger partial charge in [0.05, 0.1) is 9.72 Å². The molecule has 1 aromatic heterocycles. The normalized spacial score (nSPS) is 10.9. The Morgan fingerprint density at radius 1 is 1.07 bits per heavy atom. The number of anilines is 1. The van der Waals surface area contributed by atoms with E-state index in [0.717, 1.165) is 23.2 Å². The molecule has 1 amide bonds. The molecule has 0 saturated carbocycles. The van der Waals surface area contributed by atoms with Gasteiger partial charge in [-0.1, -0.05) is 40.6 Å². The zero-order chi connectivity index (χ0) is 18.7. The van der Waals surface area contributed by atoms with Crippen molar-refractivity contribution in [3.8, 4) is 0 Å². The number of carbonyl (C=O) groups excluding carboxylic acids is 1. The minimum absolute atomic E-state index is 0. The summed E-state index contributed by atoms with van der Waals surface area (Å²) in [6, 6.07) is 12.6. The predicted octanol–water partition coefficient (Wildman–Crippen LogP) is 5.62. The van der Waals surface area contributed by atoms with E-state index in [-0.39, 0.29) is 18.3 Å². The van der Waals surface area contributed by atoms with Crippen LogP contribution >= 0.6 is 46.9 Å². The zero-order valence-corrected chi connectivity index (χ0v) is 18.1. The van der Waals surface area contributed by atoms with Crippen LogP contribution in [0.1, 0.15) is 16.8 Å². The van der Waals surface area contributed by atoms with Crippen molar-refractivity contribution in [1.82, 2.24) is 9.88 Å². The average Bonchev–Trinajstić information content (AvgIpc) is 3.04. The number of amides is 1. The molecule has 4 nitrogen and oxygen atoms in total. The van der Waals surface area contributed by atoms with E-state index in [2.05, 4.69) is 9.88 Å². The van der Waals surface area contributed by atoms with Gasteiger partial charge in [0.2, 0.25) is 0 Å². The Labute approximate surface area is 179 Å². The van der Waals surface area contributed by atoms with Gasteiger partial charge < -0.3 is 4.90 Å². The molecule has 8 heteroatoms. The first-order chi connectivity index (χ1) is 12.5. The van der Waals surface area contributed by atoms with Crippen LogP contribution in [0.3, 0.4) is 0 Å². The number of nitrogens with zero attached hydrogens (tertiary/aromatic N) is 3. The van der Waals surface area contributed by atoms with E-state index in [0.29, 0.717) is 27.3 Å². The first kappa shape index (κ1) is 21.9. The van der Waals surface area contributed by atoms with Gasteiger partial charge in [-0.3, -0.25) is 9.69 Å². The Kier molecular flexibility index (Phi) is 7.89. The van der Waals surface area contributed by atoms with E-state index in [1.54, 1.807) is 29.2 Å². The molecule has 0 spiro atoms. The first-order valence-electron chi connectivity index (χ1n) is 8.23. The summed E-state index contributed by atoms with van der Waals surface area (Å²) in [6.07, 6.45) is 0.843. The highest BCUT2D eigenvalue weighted by Crippen LogP contribution is 2.33. The summed E-state index contributed by atoms with van der Waals surface area (Å²) < 4.78 is 0.967. The maximum atomic E-state index is 13.1. The van der Waals surface area contributed by atoms with Gasteiger partial charge in [0.1, 0.15) is 5.52 Å². The maximum absolute atomic E-state index is 13.1. The van der Waals surface area contributed by atoms with E-state index in [9.17, 15) is 4.79 Å². The van der Waals surface area contributed by atoms with Crippen molar-refractivity contribution in [2.75, 3.05) is 32.1 Å². The van der Waals surface area contributed by atoms with Crippen LogP contribution in [-0.4, -0.2) is 43.0 Å². The molecule has 0 bridgehead atoms. The van der Waals surface area contributed by atoms with Crippen molar-refractivity contribution in [3.63, 3.8) is 0 Å². The van der Waals surface area contributed by atoms with E-state index >= 15 is 0 Å². The van der Waals surface area contributed by atoms with Crippen molar-refractivity contribution in [3.05, 3.63) is 58.1 Å². The van der Waals surface area contributed by atoms with Gasteiger partial charge in [0.15, 0.2) is 5.13 Å². The Bertz CT molecular complexity index is 912. The van der Waals surface area contributed by atoms with Crippen LogP contribution in [0, 0.1) is 0 Å². The van der Waals surface area contributed by atoms with Gasteiger partial charge in [-0.25, -0.2) is 4.98 Å². The number of benzene rings is 2. The fourth-order valence-electron chi connectivity index (χ4n) is 2.60. The molecule has 1 heterocycles. The van der Waals surface area contributed by atoms with Crippen LogP contribution in [0.2, 0.25) is 10.0 Å². The molecule has 0 N–H and O–H groups in total. The number of hydrogen-bond donors (Lipinski definition) is 0. The first-order valence-corrected chi connectivity index (χ1v) is 9.80. The van der Waals surface area contributed by atoms with Crippen LogP contribution < -0.4 is 4.90 Å². The summed E-state index contributed by atoms with van der Waals surface area (Å²) in [5.41, 5.74) is 1.32. The number of para-hydroxylation sites is 1. The number of hydrogen-bond acceptors (Lipinski definition) is 4. The molecule has 0 radical (unpaired) electrons. The summed E-state index contributed by atoms with van der Waals surface area (Å²) in [5, 5.41) is 1.86. The van der Waals surface area contributed by atoms with Crippen molar-refractivity contribution >= 4 is 68.2 Å². The zero-order valence-electron chi connectivity index (χ0n) is 15.0. The molecule has 27 heavy (non-hydrogen) atoms. The largest absolute Gasteiger partial charge is 0.309 e. The third-order valence-corrected chi connectivity index (χ3v) is 5.51. The Morgan fingerprint density at radius 3 is 2.41 bits per heavy atom. The monoisotopic (exact) mass is 443 g/mol. The van der Waals surface area contributed by atoms with E-state index < -0.39 is 0 Å². The highest BCUT2D eigenvalue weighted by molar-refractivity contribution is 7.22. The third kappa shape index (κ3) is 5.33. The van der Waals surface area contributed by atoms with Crippen LogP contribution in [0.15, 0.2) is 42.5 Å². The van der Waals surface area contributed by atoms with E-state index in [4.69, 9.17) is 23.2 Å². The van der Waals surface area contributed by atoms with Gasteiger partial charge in [0, 0.05) is 17.1 Å². The predicted molar refractivity (Wildman–Crippen MR) is 118 cm³/mol. The SMILES string of the molecule is CN(C)CCCN(C(=O)c1ccc(Cl)cc1)c1nc2c(Cl)cccc2s1.Cl. The third-order valence-electron chi connectivity index (χ3n) is 3.91. The molecular weight excluding hydrogens is 425 g/mol. The number of rotatable bonds is 6. The lowest BCUT2D eigenvalue weighted by Crippen LogP contribution is -2.33. The van der Waals surface area contributed by atoms with Crippen molar-refractivity contribution < 1.29 is 4.79 Å². The highest BCUT2D eigenvalue weighted by atomic mass is 35.5.